The smallest absolute Gasteiger partial charge is 0.191 e. The number of nitrogens with zero attached hydrogens (tertiary/aromatic N) is 2. The van der Waals surface area contributed by atoms with Crippen LogP contribution in [-0.4, -0.2) is 37.7 Å². The largest absolute Gasteiger partial charge is 0.497 e. The number of aromatic nitrogens is 1. The van der Waals surface area contributed by atoms with Crippen LogP contribution < -0.4 is 15.4 Å². The first kappa shape index (κ1) is 23.7. The van der Waals surface area contributed by atoms with Gasteiger partial charge < -0.3 is 15.4 Å². The molecule has 2 rings (SSSR count). The van der Waals surface area contributed by atoms with Gasteiger partial charge in [-0.15, -0.1) is 35.3 Å². The van der Waals surface area contributed by atoms with Gasteiger partial charge in [-0.25, -0.2) is 4.98 Å². The second-order valence-corrected chi connectivity index (χ2v) is 7.32. The molecule has 0 aliphatic heterocycles. The molecule has 0 aliphatic carbocycles. The van der Waals surface area contributed by atoms with Gasteiger partial charge >= 0.3 is 0 Å². The van der Waals surface area contributed by atoms with Crippen molar-refractivity contribution in [2.24, 2.45) is 4.99 Å². The molecule has 7 heteroatoms. The van der Waals surface area contributed by atoms with E-state index in [1.54, 1.807) is 18.4 Å². The van der Waals surface area contributed by atoms with Crippen molar-refractivity contribution in [1.82, 2.24) is 15.6 Å². The van der Waals surface area contributed by atoms with Crippen LogP contribution in [0.1, 0.15) is 42.5 Å². The molecular weight excluding hydrogens is 471 g/mol. The summed E-state index contributed by atoms with van der Waals surface area (Å²) < 4.78 is 5.22. The molecule has 0 aliphatic rings. The van der Waals surface area contributed by atoms with Crippen LogP contribution in [0.5, 0.6) is 5.75 Å². The lowest BCUT2D eigenvalue weighted by atomic mass is 9.98. The van der Waals surface area contributed by atoms with E-state index in [-0.39, 0.29) is 24.0 Å². The Hall–Kier alpha value is -1.35. The Morgan fingerprint density at radius 3 is 2.59 bits per heavy atom. The van der Waals surface area contributed by atoms with E-state index in [2.05, 4.69) is 47.0 Å². The molecule has 0 saturated carbocycles. The summed E-state index contributed by atoms with van der Waals surface area (Å²) in [6.45, 7) is 8.84. The molecule has 0 bridgehead atoms. The molecule has 0 amide bonds. The van der Waals surface area contributed by atoms with E-state index in [1.165, 1.54) is 5.56 Å². The molecule has 2 N–H and O–H groups in total. The van der Waals surface area contributed by atoms with Crippen molar-refractivity contribution in [3.05, 3.63) is 45.9 Å². The second kappa shape index (κ2) is 12.9. The zero-order chi connectivity index (χ0) is 18.8. The van der Waals surface area contributed by atoms with Crippen LogP contribution in [0.3, 0.4) is 0 Å². The molecule has 1 atom stereocenters. The topological polar surface area (TPSA) is 58.5 Å². The number of methoxy groups -OCH3 is 1. The van der Waals surface area contributed by atoms with E-state index < -0.39 is 0 Å². The number of thiazole rings is 1. The zero-order valence-electron chi connectivity index (χ0n) is 16.6. The first-order chi connectivity index (χ1) is 12.6. The van der Waals surface area contributed by atoms with Gasteiger partial charge in [0.25, 0.3) is 0 Å². The van der Waals surface area contributed by atoms with E-state index in [1.807, 2.05) is 19.1 Å². The monoisotopic (exact) mass is 502 g/mol. The Bertz CT molecular complexity index is 688. The van der Waals surface area contributed by atoms with Crippen molar-refractivity contribution < 1.29 is 4.74 Å². The van der Waals surface area contributed by atoms with Gasteiger partial charge in [0.2, 0.25) is 0 Å². The van der Waals surface area contributed by atoms with E-state index in [4.69, 9.17) is 9.73 Å². The predicted molar refractivity (Wildman–Crippen MR) is 126 cm³/mol. The quantitative estimate of drug-likeness (QED) is 0.304. The Labute approximate surface area is 184 Å². The number of halogens is 1. The molecule has 150 valence electrons. The maximum Gasteiger partial charge on any atom is 0.191 e. The summed E-state index contributed by atoms with van der Waals surface area (Å²) in [5.41, 5.74) is 2.46. The average Bonchev–Trinajstić information content (AvgIpc) is 3.07. The molecule has 1 unspecified atom stereocenters. The molecular formula is C20H31IN4OS. The third-order valence-electron chi connectivity index (χ3n) is 4.20. The minimum Gasteiger partial charge on any atom is -0.497 e. The Kier molecular flexibility index (Phi) is 11.3. The maximum atomic E-state index is 5.22. The first-order valence-electron chi connectivity index (χ1n) is 9.19. The van der Waals surface area contributed by atoms with Crippen LogP contribution in [0.4, 0.5) is 0 Å². The molecule has 0 radical (unpaired) electrons. The van der Waals surface area contributed by atoms with Crippen molar-refractivity contribution in [3.8, 4) is 5.75 Å². The summed E-state index contributed by atoms with van der Waals surface area (Å²) in [6.07, 6.45) is 1.92. The predicted octanol–water partition coefficient (Wildman–Crippen LogP) is 4.37. The van der Waals surface area contributed by atoms with Crippen LogP contribution in [0, 0.1) is 6.92 Å². The van der Waals surface area contributed by atoms with Gasteiger partial charge in [0.15, 0.2) is 5.96 Å². The Morgan fingerprint density at radius 2 is 2.00 bits per heavy atom. The zero-order valence-corrected chi connectivity index (χ0v) is 19.8. The van der Waals surface area contributed by atoms with Crippen molar-refractivity contribution in [2.75, 3.05) is 26.7 Å². The fourth-order valence-corrected chi connectivity index (χ4v) is 3.29. The third kappa shape index (κ3) is 8.47. The number of benzene rings is 1. The standard InChI is InChI=1S/C20H30N4OS.HI/c1-5-21-20(23-13-11-18-14-26-16(3)24-18)22-12-10-15(2)17-6-8-19(25-4)9-7-17;/h6-9,14-15H,5,10-13H2,1-4H3,(H2,21,22,23);1H. The second-order valence-electron chi connectivity index (χ2n) is 6.26. The van der Waals surface area contributed by atoms with Gasteiger partial charge in [-0.2, -0.15) is 0 Å². The molecule has 5 nitrogen and oxygen atoms in total. The minimum atomic E-state index is 0. The van der Waals surface area contributed by atoms with E-state index in [0.717, 1.165) is 54.9 Å². The average molecular weight is 502 g/mol. The lowest BCUT2D eigenvalue weighted by Gasteiger charge is -2.13. The van der Waals surface area contributed by atoms with Crippen LogP contribution in [0.25, 0.3) is 0 Å². The molecule has 1 aromatic carbocycles. The molecule has 0 saturated heterocycles. The summed E-state index contributed by atoms with van der Waals surface area (Å²) in [4.78, 5) is 9.20. The summed E-state index contributed by atoms with van der Waals surface area (Å²) in [7, 11) is 1.69. The number of ether oxygens (including phenoxy) is 1. The van der Waals surface area contributed by atoms with Crippen molar-refractivity contribution in [1.29, 1.82) is 0 Å². The van der Waals surface area contributed by atoms with Crippen molar-refractivity contribution in [2.45, 2.75) is 39.5 Å². The number of rotatable bonds is 9. The molecule has 1 heterocycles. The van der Waals surface area contributed by atoms with Gasteiger partial charge in [0, 0.05) is 31.4 Å². The fraction of sp³-hybridized carbons (Fsp3) is 0.500. The van der Waals surface area contributed by atoms with Gasteiger partial charge in [0.05, 0.1) is 17.8 Å². The van der Waals surface area contributed by atoms with Crippen LogP contribution in [0.2, 0.25) is 0 Å². The molecule has 27 heavy (non-hydrogen) atoms. The van der Waals surface area contributed by atoms with Gasteiger partial charge in [-0.3, -0.25) is 4.99 Å². The highest BCUT2D eigenvalue weighted by molar-refractivity contribution is 14.0. The molecule has 1 aromatic heterocycles. The summed E-state index contributed by atoms with van der Waals surface area (Å²) in [5.74, 6) is 2.24. The molecule has 0 fully saturated rings. The Balaban J connectivity index is 0.00000364. The van der Waals surface area contributed by atoms with Crippen molar-refractivity contribution in [3.63, 3.8) is 0 Å². The van der Waals surface area contributed by atoms with Crippen LogP contribution in [0.15, 0.2) is 34.6 Å². The first-order valence-corrected chi connectivity index (χ1v) is 10.1. The highest BCUT2D eigenvalue weighted by atomic mass is 127. The van der Waals surface area contributed by atoms with E-state index >= 15 is 0 Å². The normalized spacial score (nSPS) is 12.2. The number of aryl methyl sites for hydroxylation is 1. The maximum absolute atomic E-state index is 5.22. The number of hydrogen-bond acceptors (Lipinski definition) is 4. The minimum absolute atomic E-state index is 0. The van der Waals surface area contributed by atoms with E-state index in [0.29, 0.717) is 5.92 Å². The number of aliphatic imine (C=N–C) groups is 1. The summed E-state index contributed by atoms with van der Waals surface area (Å²) in [6, 6.07) is 8.29. The van der Waals surface area contributed by atoms with Gasteiger partial charge in [-0.1, -0.05) is 19.1 Å². The number of nitrogens with one attached hydrogen (secondary N) is 2. The summed E-state index contributed by atoms with van der Waals surface area (Å²) in [5, 5.41) is 9.94. The highest BCUT2D eigenvalue weighted by Gasteiger charge is 2.06. The van der Waals surface area contributed by atoms with Crippen LogP contribution in [-0.2, 0) is 6.42 Å². The van der Waals surface area contributed by atoms with Gasteiger partial charge in [0.1, 0.15) is 5.75 Å². The van der Waals surface area contributed by atoms with Crippen LogP contribution >= 0.6 is 35.3 Å². The SMILES string of the molecule is CCNC(=NCCC(C)c1ccc(OC)cc1)NCCc1csc(C)n1.I. The lowest BCUT2D eigenvalue weighted by Crippen LogP contribution is -2.38. The highest BCUT2D eigenvalue weighted by Crippen LogP contribution is 2.21. The third-order valence-corrected chi connectivity index (χ3v) is 5.02. The lowest BCUT2D eigenvalue weighted by molar-refractivity contribution is 0.414. The van der Waals surface area contributed by atoms with E-state index in [9.17, 15) is 0 Å². The summed E-state index contributed by atoms with van der Waals surface area (Å²) >= 11 is 1.70. The van der Waals surface area contributed by atoms with Crippen molar-refractivity contribution >= 4 is 41.3 Å². The Morgan fingerprint density at radius 1 is 1.26 bits per heavy atom. The van der Waals surface area contributed by atoms with Gasteiger partial charge in [-0.05, 0) is 43.9 Å². The molecule has 0 spiro atoms. The number of hydrogen-bond donors (Lipinski definition) is 2. The molecule has 2 aromatic rings. The number of guanidine groups is 1. The fourth-order valence-electron chi connectivity index (χ4n) is 2.64.